The highest BCUT2D eigenvalue weighted by Gasteiger charge is 2.15. The van der Waals surface area contributed by atoms with Crippen LogP contribution < -0.4 is 5.56 Å². The van der Waals surface area contributed by atoms with Gasteiger partial charge in [0.2, 0.25) is 5.56 Å². The van der Waals surface area contributed by atoms with Gasteiger partial charge in [-0.15, -0.1) is 0 Å². The molecule has 0 atom stereocenters. The van der Waals surface area contributed by atoms with E-state index in [2.05, 4.69) is 4.98 Å². The molecular formula is C9H11F2NO. The Bertz CT molecular complexity index is 344. The fourth-order valence-electron chi connectivity index (χ4n) is 1.19. The summed E-state index contributed by atoms with van der Waals surface area (Å²) in [7, 11) is 0. The first-order valence-electron chi connectivity index (χ1n) is 4.03. The van der Waals surface area contributed by atoms with Crippen LogP contribution in [0.5, 0.6) is 0 Å². The normalized spacial score (nSPS) is 11.2. The lowest BCUT2D eigenvalue weighted by atomic mass is 10.0. The summed E-state index contributed by atoms with van der Waals surface area (Å²) in [5, 5.41) is 0. The molecule has 0 fully saturated rings. The second-order valence-electron chi connectivity index (χ2n) is 3.16. The Morgan fingerprint density at radius 3 is 2.38 bits per heavy atom. The zero-order valence-corrected chi connectivity index (χ0v) is 7.47. The average Bonchev–Trinajstić information content (AvgIpc) is 2.03. The molecule has 0 saturated heterocycles. The summed E-state index contributed by atoms with van der Waals surface area (Å²) >= 11 is 0. The van der Waals surface area contributed by atoms with Crippen LogP contribution in [0.15, 0.2) is 17.1 Å². The summed E-state index contributed by atoms with van der Waals surface area (Å²) in [6.07, 6.45) is -1.23. The number of H-pyrrole nitrogens is 1. The first kappa shape index (κ1) is 9.89. The van der Waals surface area contributed by atoms with Crippen LogP contribution in [0.3, 0.4) is 0 Å². The van der Waals surface area contributed by atoms with Crippen molar-refractivity contribution in [3.63, 3.8) is 0 Å². The van der Waals surface area contributed by atoms with Crippen LogP contribution in [0.1, 0.15) is 37.3 Å². The molecule has 1 aromatic rings. The molecule has 0 aromatic carbocycles. The summed E-state index contributed by atoms with van der Waals surface area (Å²) in [6, 6.07) is 0.958. The van der Waals surface area contributed by atoms with Gasteiger partial charge in [-0.25, -0.2) is 8.78 Å². The monoisotopic (exact) mass is 187 g/mol. The number of aromatic nitrogens is 1. The van der Waals surface area contributed by atoms with E-state index in [1.165, 1.54) is 6.20 Å². The number of halogens is 2. The third-order valence-electron chi connectivity index (χ3n) is 1.85. The molecule has 1 rings (SSSR count). The second-order valence-corrected chi connectivity index (χ2v) is 3.16. The van der Waals surface area contributed by atoms with Gasteiger partial charge in [-0.1, -0.05) is 13.8 Å². The van der Waals surface area contributed by atoms with Crippen molar-refractivity contribution in [3.8, 4) is 0 Å². The Balaban J connectivity index is 3.27. The summed E-state index contributed by atoms with van der Waals surface area (Å²) < 4.78 is 24.8. The van der Waals surface area contributed by atoms with Crippen LogP contribution in [-0.4, -0.2) is 4.98 Å². The van der Waals surface area contributed by atoms with Crippen molar-refractivity contribution in [1.29, 1.82) is 0 Å². The van der Waals surface area contributed by atoms with Gasteiger partial charge in [-0.3, -0.25) is 4.79 Å². The molecule has 0 unspecified atom stereocenters. The lowest BCUT2D eigenvalue weighted by molar-refractivity contribution is 0.149. The zero-order valence-electron chi connectivity index (χ0n) is 7.47. The molecule has 0 spiro atoms. The van der Waals surface area contributed by atoms with Crippen molar-refractivity contribution in [3.05, 3.63) is 33.7 Å². The zero-order chi connectivity index (χ0) is 10.0. The van der Waals surface area contributed by atoms with Gasteiger partial charge in [0.25, 0.3) is 6.43 Å². The van der Waals surface area contributed by atoms with E-state index in [-0.39, 0.29) is 11.5 Å². The van der Waals surface area contributed by atoms with E-state index in [1.807, 2.05) is 0 Å². The van der Waals surface area contributed by atoms with Crippen LogP contribution in [0.2, 0.25) is 0 Å². The first-order chi connectivity index (χ1) is 6.02. The van der Waals surface area contributed by atoms with Gasteiger partial charge in [-0.2, -0.15) is 0 Å². The Morgan fingerprint density at radius 1 is 1.31 bits per heavy atom. The number of alkyl halides is 2. The summed E-state index contributed by atoms with van der Waals surface area (Å²) in [5.41, 5.74) is -0.159. The minimum Gasteiger partial charge on any atom is -0.329 e. The van der Waals surface area contributed by atoms with Crippen molar-refractivity contribution >= 4 is 0 Å². The molecule has 0 aliphatic rings. The highest BCUT2D eigenvalue weighted by molar-refractivity contribution is 5.27. The maximum Gasteiger partial charge on any atom is 0.264 e. The van der Waals surface area contributed by atoms with Crippen LogP contribution in [0.25, 0.3) is 0 Å². The number of aromatic amines is 1. The van der Waals surface area contributed by atoms with Gasteiger partial charge < -0.3 is 4.98 Å². The van der Waals surface area contributed by atoms with Crippen molar-refractivity contribution in [2.75, 3.05) is 0 Å². The van der Waals surface area contributed by atoms with Crippen molar-refractivity contribution < 1.29 is 8.78 Å². The number of pyridine rings is 1. The SMILES string of the molecule is CC(C)c1c[nH]c(=O)cc1C(F)F. The standard InChI is InChI=1S/C9H11F2NO/c1-5(2)7-4-12-8(13)3-6(7)9(10)11/h3-5,9H,1-2H3,(H,12,13). The molecule has 1 aromatic heterocycles. The van der Waals surface area contributed by atoms with Gasteiger partial charge in [0.15, 0.2) is 0 Å². The average molecular weight is 187 g/mol. The Kier molecular flexibility index (Phi) is 2.80. The van der Waals surface area contributed by atoms with Crippen LogP contribution in [0.4, 0.5) is 8.78 Å². The number of rotatable bonds is 2. The second kappa shape index (κ2) is 3.68. The minimum absolute atomic E-state index is 0.0131. The molecule has 0 amide bonds. The number of nitrogens with one attached hydrogen (secondary N) is 1. The maximum atomic E-state index is 12.4. The van der Waals surface area contributed by atoms with Gasteiger partial charge in [0.05, 0.1) is 0 Å². The van der Waals surface area contributed by atoms with E-state index in [0.29, 0.717) is 5.56 Å². The smallest absolute Gasteiger partial charge is 0.264 e. The molecule has 1 N–H and O–H groups in total. The predicted octanol–water partition coefficient (Wildman–Crippen LogP) is 2.44. The fourth-order valence-corrected chi connectivity index (χ4v) is 1.19. The van der Waals surface area contributed by atoms with Gasteiger partial charge in [0.1, 0.15) is 0 Å². The molecule has 2 nitrogen and oxygen atoms in total. The molecule has 72 valence electrons. The topological polar surface area (TPSA) is 32.9 Å². The molecule has 0 aliphatic carbocycles. The molecule has 0 radical (unpaired) electrons. The maximum absolute atomic E-state index is 12.4. The lowest BCUT2D eigenvalue weighted by Gasteiger charge is -2.10. The van der Waals surface area contributed by atoms with E-state index >= 15 is 0 Å². The molecule has 0 aliphatic heterocycles. The van der Waals surface area contributed by atoms with E-state index in [1.54, 1.807) is 13.8 Å². The quantitative estimate of drug-likeness (QED) is 0.757. The summed E-state index contributed by atoms with van der Waals surface area (Å²) in [4.78, 5) is 13.2. The van der Waals surface area contributed by atoms with Crippen LogP contribution >= 0.6 is 0 Å². The van der Waals surface area contributed by atoms with Crippen LogP contribution in [-0.2, 0) is 0 Å². The lowest BCUT2D eigenvalue weighted by Crippen LogP contribution is -2.09. The minimum atomic E-state index is -2.58. The molecule has 0 bridgehead atoms. The Hall–Kier alpha value is -1.19. The summed E-state index contributed by atoms with van der Waals surface area (Å²) in [6.45, 7) is 3.61. The molecule has 1 heterocycles. The Morgan fingerprint density at radius 2 is 1.92 bits per heavy atom. The molecular weight excluding hydrogens is 176 g/mol. The summed E-state index contributed by atoms with van der Waals surface area (Å²) in [5.74, 6) is -0.0131. The largest absolute Gasteiger partial charge is 0.329 e. The van der Waals surface area contributed by atoms with E-state index in [0.717, 1.165) is 6.07 Å². The first-order valence-corrected chi connectivity index (χ1v) is 4.03. The van der Waals surface area contributed by atoms with Crippen LogP contribution in [0, 0.1) is 0 Å². The highest BCUT2D eigenvalue weighted by atomic mass is 19.3. The van der Waals surface area contributed by atoms with Crippen molar-refractivity contribution in [2.45, 2.75) is 26.2 Å². The number of hydrogen-bond acceptors (Lipinski definition) is 1. The van der Waals surface area contributed by atoms with Gasteiger partial charge in [-0.05, 0) is 11.5 Å². The molecule has 4 heteroatoms. The van der Waals surface area contributed by atoms with E-state index < -0.39 is 12.0 Å². The molecule has 0 saturated carbocycles. The third-order valence-corrected chi connectivity index (χ3v) is 1.85. The highest BCUT2D eigenvalue weighted by Crippen LogP contribution is 2.25. The third kappa shape index (κ3) is 2.14. The van der Waals surface area contributed by atoms with Crippen molar-refractivity contribution in [1.82, 2.24) is 4.98 Å². The van der Waals surface area contributed by atoms with E-state index in [9.17, 15) is 13.6 Å². The van der Waals surface area contributed by atoms with Gasteiger partial charge in [0, 0.05) is 17.8 Å². The number of hydrogen-bond donors (Lipinski definition) is 1. The predicted molar refractivity (Wildman–Crippen MR) is 46.1 cm³/mol. The Labute approximate surface area is 74.6 Å². The van der Waals surface area contributed by atoms with Gasteiger partial charge >= 0.3 is 0 Å². The van der Waals surface area contributed by atoms with Crippen molar-refractivity contribution in [2.24, 2.45) is 0 Å². The fraction of sp³-hybridized carbons (Fsp3) is 0.444. The van der Waals surface area contributed by atoms with E-state index in [4.69, 9.17) is 0 Å². The molecule has 13 heavy (non-hydrogen) atoms.